The number of esters is 1. The Bertz CT molecular complexity index is 891. The normalized spacial score (nSPS) is 53.3. The van der Waals surface area contributed by atoms with E-state index in [1.54, 1.807) is 0 Å². The fourth-order valence-electron chi connectivity index (χ4n) is 11.8. The fraction of sp³-hybridized carbons (Fsp3) is 0.970. The van der Waals surface area contributed by atoms with Crippen molar-refractivity contribution in [1.29, 1.82) is 0 Å². The van der Waals surface area contributed by atoms with E-state index in [9.17, 15) is 9.90 Å². The molecule has 0 aromatic carbocycles. The Labute approximate surface area is 221 Å². The van der Waals surface area contributed by atoms with Crippen molar-refractivity contribution >= 4 is 5.97 Å². The van der Waals surface area contributed by atoms with Gasteiger partial charge in [0.15, 0.2) is 0 Å². The average Bonchev–Trinajstić information content (AvgIpc) is 2.79. The summed E-state index contributed by atoms with van der Waals surface area (Å²) >= 11 is 0. The molecule has 0 bridgehead atoms. The molecule has 0 spiro atoms. The van der Waals surface area contributed by atoms with Crippen LogP contribution >= 0.6 is 0 Å². The Morgan fingerprint density at radius 2 is 1.44 bits per heavy atom. The number of hydrogen-bond acceptors (Lipinski definition) is 3. The van der Waals surface area contributed by atoms with Gasteiger partial charge in [0.05, 0.1) is 6.10 Å². The van der Waals surface area contributed by atoms with E-state index in [2.05, 4.69) is 55.4 Å². The highest BCUT2D eigenvalue weighted by Gasteiger charge is 2.70. The summed E-state index contributed by atoms with van der Waals surface area (Å²) in [5.74, 6) is 2.33. The Morgan fingerprint density at radius 3 is 2.11 bits per heavy atom. The van der Waals surface area contributed by atoms with Gasteiger partial charge in [0.2, 0.25) is 0 Å². The minimum Gasteiger partial charge on any atom is -0.462 e. The van der Waals surface area contributed by atoms with Crippen LogP contribution in [0.25, 0.3) is 0 Å². The third-order valence-corrected chi connectivity index (χ3v) is 14.4. The Hall–Kier alpha value is -0.570. The number of aliphatic hydroxyl groups is 1. The topological polar surface area (TPSA) is 46.5 Å². The lowest BCUT2D eigenvalue weighted by atomic mass is 9.31. The molecule has 1 N–H and O–H groups in total. The first kappa shape index (κ1) is 27.0. The number of rotatable bonds is 2. The number of carbonyl (C=O) groups is 1. The summed E-state index contributed by atoms with van der Waals surface area (Å²) in [7, 11) is 0. The van der Waals surface area contributed by atoms with Crippen molar-refractivity contribution in [2.24, 2.45) is 56.2 Å². The molecule has 0 radical (unpaired) electrons. The summed E-state index contributed by atoms with van der Waals surface area (Å²) in [5.41, 5.74) is 1.25. The molecule has 3 nitrogen and oxygen atoms in total. The number of hydrogen-bond donors (Lipinski definition) is 1. The smallest absolute Gasteiger partial charge is 0.305 e. The summed E-state index contributed by atoms with van der Waals surface area (Å²) < 4.78 is 6.05. The fourth-order valence-corrected chi connectivity index (χ4v) is 11.8. The molecule has 3 unspecified atom stereocenters. The highest BCUT2D eigenvalue weighted by Crippen LogP contribution is 2.77. The van der Waals surface area contributed by atoms with Crippen LogP contribution in [0.15, 0.2) is 0 Å². The van der Waals surface area contributed by atoms with Crippen LogP contribution in [0, 0.1) is 56.2 Å². The van der Waals surface area contributed by atoms with Crippen molar-refractivity contribution in [2.45, 2.75) is 145 Å². The number of ether oxygens (including phenoxy) is 1. The molecule has 0 saturated heterocycles. The van der Waals surface area contributed by atoms with Crippen LogP contribution in [-0.2, 0) is 9.53 Å². The lowest BCUT2D eigenvalue weighted by Gasteiger charge is -2.74. The summed E-state index contributed by atoms with van der Waals surface area (Å²) in [6.45, 7) is 21.8. The highest BCUT2D eigenvalue weighted by molar-refractivity contribution is 5.69. The van der Waals surface area contributed by atoms with E-state index >= 15 is 0 Å². The van der Waals surface area contributed by atoms with E-state index in [1.807, 2.05) is 6.92 Å². The Balaban J connectivity index is 1.48. The van der Waals surface area contributed by atoms with Crippen LogP contribution in [-0.4, -0.2) is 23.3 Å². The third kappa shape index (κ3) is 3.42. The van der Waals surface area contributed by atoms with Gasteiger partial charge in [0, 0.05) is 11.8 Å². The minimum atomic E-state index is -0.185. The van der Waals surface area contributed by atoms with Gasteiger partial charge in [-0.15, -0.1) is 0 Å². The van der Waals surface area contributed by atoms with Gasteiger partial charge in [-0.3, -0.25) is 4.79 Å². The molecule has 5 aliphatic carbocycles. The summed E-state index contributed by atoms with van der Waals surface area (Å²) in [6.07, 6.45) is 12.7. The first-order chi connectivity index (χ1) is 16.6. The lowest BCUT2D eigenvalue weighted by molar-refractivity contribution is -0.267. The zero-order chi connectivity index (χ0) is 26.5. The molecule has 0 aromatic rings. The quantitative estimate of drug-likeness (QED) is 0.389. The molecule has 0 heterocycles. The zero-order valence-corrected chi connectivity index (χ0v) is 25.0. The predicted molar refractivity (Wildman–Crippen MR) is 146 cm³/mol. The maximum atomic E-state index is 12.3. The zero-order valence-electron chi connectivity index (χ0n) is 25.0. The maximum absolute atomic E-state index is 12.3. The molecular formula is C33H56O3. The second-order valence-electron chi connectivity index (χ2n) is 16.5. The van der Waals surface area contributed by atoms with Gasteiger partial charge in [0.25, 0.3) is 0 Å². The second kappa shape index (κ2) is 8.22. The van der Waals surface area contributed by atoms with Crippen molar-refractivity contribution in [3.8, 4) is 0 Å². The van der Waals surface area contributed by atoms with Crippen LogP contribution in [0.3, 0.4) is 0 Å². The minimum absolute atomic E-state index is 0.0195. The lowest BCUT2D eigenvalue weighted by Crippen LogP contribution is -2.68. The molecule has 0 aliphatic heterocycles. The monoisotopic (exact) mass is 500 g/mol. The standard InChI is InChI=1S/C33H56O3/c1-10-25(34)36-24-14-15-31(7)22(29(24,4)5)13-16-33(9)23(31)12-11-21-26-27(35)28(2,3)17-18-30(26,6)19-20-32(21,33)8/h21-24,26-27,35H,10-20H2,1-9H3/t21-,22?,23?,24+,26?,27-,30-,31+,32-,33-/m1/s1. The molecule has 5 fully saturated rings. The second-order valence-corrected chi connectivity index (χ2v) is 16.5. The van der Waals surface area contributed by atoms with Crippen molar-refractivity contribution in [3.05, 3.63) is 0 Å². The summed E-state index contributed by atoms with van der Waals surface area (Å²) in [4.78, 5) is 12.3. The molecule has 5 rings (SSSR count). The van der Waals surface area contributed by atoms with Gasteiger partial charge < -0.3 is 9.84 Å². The molecular weight excluding hydrogens is 444 g/mol. The summed E-state index contributed by atoms with van der Waals surface area (Å²) in [5, 5.41) is 11.8. The average molecular weight is 501 g/mol. The molecule has 0 aromatic heterocycles. The maximum Gasteiger partial charge on any atom is 0.305 e. The van der Waals surface area contributed by atoms with Crippen molar-refractivity contribution in [1.82, 2.24) is 0 Å². The number of carbonyl (C=O) groups excluding carboxylic acids is 1. The SMILES string of the molecule is CCC(=O)O[C@H]1CC[C@@]2(C)C(CC[C@]3(C)C2CC[C@@H]2C4[C@@H](O)C(C)(C)CC[C@]4(C)CC[C@]23C)C1(C)C. The van der Waals surface area contributed by atoms with Crippen molar-refractivity contribution < 1.29 is 14.6 Å². The van der Waals surface area contributed by atoms with E-state index in [0.29, 0.717) is 46.3 Å². The van der Waals surface area contributed by atoms with Crippen LogP contribution in [0.1, 0.15) is 133 Å². The highest BCUT2D eigenvalue weighted by atomic mass is 16.5. The Morgan fingerprint density at radius 1 is 0.778 bits per heavy atom. The third-order valence-electron chi connectivity index (χ3n) is 14.4. The van der Waals surface area contributed by atoms with E-state index in [-0.39, 0.29) is 34.4 Å². The molecule has 3 heteroatoms. The molecule has 36 heavy (non-hydrogen) atoms. The molecule has 5 saturated carbocycles. The van der Waals surface area contributed by atoms with E-state index in [4.69, 9.17) is 4.74 Å². The predicted octanol–water partition coefficient (Wildman–Crippen LogP) is 8.18. The number of aliphatic hydroxyl groups excluding tert-OH is 1. The summed E-state index contributed by atoms with van der Waals surface area (Å²) in [6, 6.07) is 0. The molecule has 0 amide bonds. The van der Waals surface area contributed by atoms with Crippen LogP contribution < -0.4 is 0 Å². The van der Waals surface area contributed by atoms with Crippen LogP contribution in [0.5, 0.6) is 0 Å². The van der Waals surface area contributed by atoms with Gasteiger partial charge >= 0.3 is 5.97 Å². The van der Waals surface area contributed by atoms with Crippen molar-refractivity contribution in [3.63, 3.8) is 0 Å². The van der Waals surface area contributed by atoms with Crippen molar-refractivity contribution in [2.75, 3.05) is 0 Å². The number of fused-ring (bicyclic) bond motifs is 7. The van der Waals surface area contributed by atoms with E-state index in [0.717, 1.165) is 12.8 Å². The van der Waals surface area contributed by atoms with Gasteiger partial charge in [-0.2, -0.15) is 0 Å². The van der Waals surface area contributed by atoms with Gasteiger partial charge in [0.1, 0.15) is 6.10 Å². The first-order valence-electron chi connectivity index (χ1n) is 15.4. The van der Waals surface area contributed by atoms with E-state index in [1.165, 1.54) is 51.4 Å². The van der Waals surface area contributed by atoms with Crippen LogP contribution in [0.4, 0.5) is 0 Å². The molecule has 5 aliphatic rings. The van der Waals surface area contributed by atoms with E-state index < -0.39 is 0 Å². The molecule has 206 valence electrons. The first-order valence-corrected chi connectivity index (χ1v) is 15.4. The molecule has 10 atom stereocenters. The van der Waals surface area contributed by atoms with Gasteiger partial charge in [-0.1, -0.05) is 62.3 Å². The van der Waals surface area contributed by atoms with Gasteiger partial charge in [-0.25, -0.2) is 0 Å². The van der Waals surface area contributed by atoms with Crippen LogP contribution in [0.2, 0.25) is 0 Å². The Kier molecular flexibility index (Phi) is 6.17. The van der Waals surface area contributed by atoms with Gasteiger partial charge in [-0.05, 0) is 115 Å². The largest absolute Gasteiger partial charge is 0.462 e.